The fraction of sp³-hybridized carbons (Fsp3) is 1.00. The number of rotatable bonds is 10. The van der Waals surface area contributed by atoms with Crippen molar-refractivity contribution in [1.82, 2.24) is 10.0 Å². The van der Waals surface area contributed by atoms with Crippen LogP contribution in [-0.2, 0) is 10.0 Å². The maximum Gasteiger partial charge on any atom is 0.211 e. The summed E-state index contributed by atoms with van der Waals surface area (Å²) < 4.78 is 26.0. The Morgan fingerprint density at radius 1 is 1.06 bits per heavy atom. The molecule has 1 rings (SSSR count). The highest BCUT2D eigenvalue weighted by Gasteiger charge is 2.15. The summed E-state index contributed by atoms with van der Waals surface area (Å²) in [5.41, 5.74) is 0. The summed E-state index contributed by atoms with van der Waals surface area (Å²) in [5.74, 6) is 1.11. The van der Waals surface area contributed by atoms with E-state index in [0.29, 0.717) is 6.54 Å². The molecular formula is C13H28N2O2S. The van der Waals surface area contributed by atoms with Crippen LogP contribution in [0.4, 0.5) is 0 Å². The minimum Gasteiger partial charge on any atom is -0.320 e. The highest BCUT2D eigenvalue weighted by Crippen LogP contribution is 2.28. The molecule has 2 N–H and O–H groups in total. The first-order valence-corrected chi connectivity index (χ1v) is 8.91. The predicted octanol–water partition coefficient (Wildman–Crippen LogP) is 1.88. The van der Waals surface area contributed by atoms with Crippen LogP contribution in [-0.4, -0.2) is 34.3 Å². The Bertz CT molecular complexity index is 298. The van der Waals surface area contributed by atoms with E-state index in [4.69, 9.17) is 0 Å². The van der Waals surface area contributed by atoms with Gasteiger partial charge in [-0.05, 0) is 45.2 Å². The second-order valence-corrected chi connectivity index (χ2v) is 7.24. The molecule has 5 heteroatoms. The van der Waals surface area contributed by atoms with Crippen molar-refractivity contribution in [2.75, 3.05) is 25.9 Å². The van der Waals surface area contributed by atoms with Crippen LogP contribution >= 0.6 is 0 Å². The molecular weight excluding hydrogens is 248 g/mol. The monoisotopic (exact) mass is 276 g/mol. The van der Waals surface area contributed by atoms with Crippen LogP contribution in [0.2, 0.25) is 0 Å². The smallest absolute Gasteiger partial charge is 0.211 e. The molecule has 0 atom stereocenters. The van der Waals surface area contributed by atoms with Crippen molar-refractivity contribution in [2.24, 2.45) is 5.92 Å². The van der Waals surface area contributed by atoms with E-state index in [-0.39, 0.29) is 5.75 Å². The van der Waals surface area contributed by atoms with E-state index in [9.17, 15) is 8.42 Å². The van der Waals surface area contributed by atoms with Crippen molar-refractivity contribution >= 4 is 10.0 Å². The van der Waals surface area contributed by atoms with Gasteiger partial charge in [-0.1, -0.05) is 25.7 Å². The van der Waals surface area contributed by atoms with Crippen LogP contribution in [0.3, 0.4) is 0 Å². The van der Waals surface area contributed by atoms with Crippen LogP contribution in [0.15, 0.2) is 0 Å². The number of unbranched alkanes of at least 4 members (excludes halogenated alkanes) is 1. The Morgan fingerprint density at radius 3 is 2.44 bits per heavy atom. The van der Waals surface area contributed by atoms with Crippen LogP contribution < -0.4 is 10.0 Å². The van der Waals surface area contributed by atoms with E-state index in [1.54, 1.807) is 0 Å². The molecule has 0 unspecified atom stereocenters. The van der Waals surface area contributed by atoms with Crippen molar-refractivity contribution in [3.8, 4) is 0 Å². The first-order valence-electron chi connectivity index (χ1n) is 7.26. The zero-order valence-corrected chi connectivity index (χ0v) is 12.4. The zero-order chi connectivity index (χ0) is 13.3. The van der Waals surface area contributed by atoms with E-state index >= 15 is 0 Å². The molecule has 0 aromatic carbocycles. The third-order valence-corrected chi connectivity index (χ3v) is 5.15. The normalized spacial score (nSPS) is 17.4. The van der Waals surface area contributed by atoms with Gasteiger partial charge < -0.3 is 5.32 Å². The van der Waals surface area contributed by atoms with Gasteiger partial charge in [-0.25, -0.2) is 13.1 Å². The lowest BCUT2D eigenvalue weighted by molar-refractivity contribution is 0.480. The van der Waals surface area contributed by atoms with E-state index in [1.165, 1.54) is 32.1 Å². The Labute approximate surface area is 112 Å². The molecule has 4 nitrogen and oxygen atoms in total. The maximum atomic E-state index is 11.7. The van der Waals surface area contributed by atoms with Gasteiger partial charge in [0.25, 0.3) is 0 Å². The first-order chi connectivity index (χ1) is 8.64. The fourth-order valence-corrected chi connectivity index (χ4v) is 3.77. The highest BCUT2D eigenvalue weighted by atomic mass is 32.2. The summed E-state index contributed by atoms with van der Waals surface area (Å²) in [6.07, 6.45) is 9.23. The summed E-state index contributed by atoms with van der Waals surface area (Å²) in [4.78, 5) is 0. The molecule has 18 heavy (non-hydrogen) atoms. The topological polar surface area (TPSA) is 58.2 Å². The third-order valence-electron chi connectivity index (χ3n) is 3.68. The quantitative estimate of drug-likeness (QED) is 0.599. The lowest BCUT2D eigenvalue weighted by atomic mass is 10.0. The van der Waals surface area contributed by atoms with Crippen molar-refractivity contribution in [2.45, 2.75) is 51.4 Å². The Morgan fingerprint density at radius 2 is 1.78 bits per heavy atom. The molecule has 0 bridgehead atoms. The molecule has 1 fully saturated rings. The average Bonchev–Trinajstić information content (AvgIpc) is 2.83. The molecule has 1 aliphatic rings. The molecule has 0 aromatic rings. The van der Waals surface area contributed by atoms with Gasteiger partial charge in [-0.3, -0.25) is 0 Å². The van der Waals surface area contributed by atoms with Crippen LogP contribution in [0.1, 0.15) is 51.4 Å². The minimum absolute atomic E-state index is 0.262. The average molecular weight is 276 g/mol. The molecule has 108 valence electrons. The van der Waals surface area contributed by atoms with Gasteiger partial charge in [0.05, 0.1) is 5.75 Å². The Kier molecular flexibility index (Phi) is 7.86. The SMILES string of the molecule is CNCCCCS(=O)(=O)NCCCC1CCCC1. The van der Waals surface area contributed by atoms with Gasteiger partial charge >= 0.3 is 0 Å². The van der Waals surface area contributed by atoms with Crippen molar-refractivity contribution < 1.29 is 8.42 Å². The first kappa shape index (κ1) is 15.9. The van der Waals surface area contributed by atoms with Crippen molar-refractivity contribution in [3.05, 3.63) is 0 Å². The molecule has 0 spiro atoms. The molecule has 0 aromatic heterocycles. The van der Waals surface area contributed by atoms with Gasteiger partial charge in [0.2, 0.25) is 10.0 Å². The number of hydrogen-bond acceptors (Lipinski definition) is 3. The molecule has 0 amide bonds. The Balaban J connectivity index is 2.01. The van der Waals surface area contributed by atoms with E-state index in [0.717, 1.165) is 31.7 Å². The van der Waals surface area contributed by atoms with Gasteiger partial charge in [0, 0.05) is 6.54 Å². The summed E-state index contributed by atoms with van der Waals surface area (Å²) >= 11 is 0. The standard InChI is InChI=1S/C13H28N2O2S/c1-14-10-4-5-12-18(16,17)15-11-6-9-13-7-2-3-8-13/h13-15H,2-12H2,1H3. The second kappa shape index (κ2) is 8.88. The molecule has 0 saturated heterocycles. The lowest BCUT2D eigenvalue weighted by Crippen LogP contribution is -2.28. The van der Waals surface area contributed by atoms with E-state index in [1.807, 2.05) is 7.05 Å². The largest absolute Gasteiger partial charge is 0.320 e. The van der Waals surface area contributed by atoms with Crippen molar-refractivity contribution in [1.29, 1.82) is 0 Å². The molecule has 0 radical (unpaired) electrons. The molecule has 0 aliphatic heterocycles. The summed E-state index contributed by atoms with van der Waals surface area (Å²) in [7, 11) is -1.15. The van der Waals surface area contributed by atoms with Crippen LogP contribution in [0.25, 0.3) is 0 Å². The number of hydrogen-bond donors (Lipinski definition) is 2. The number of nitrogens with one attached hydrogen (secondary N) is 2. The predicted molar refractivity (Wildman–Crippen MR) is 76.1 cm³/mol. The summed E-state index contributed by atoms with van der Waals surface area (Å²) in [6.45, 7) is 1.50. The maximum absolute atomic E-state index is 11.7. The molecule has 1 saturated carbocycles. The third kappa shape index (κ3) is 7.34. The van der Waals surface area contributed by atoms with Crippen LogP contribution in [0, 0.1) is 5.92 Å². The van der Waals surface area contributed by atoms with Gasteiger partial charge in [-0.15, -0.1) is 0 Å². The molecule has 1 aliphatic carbocycles. The van der Waals surface area contributed by atoms with Gasteiger partial charge in [0.1, 0.15) is 0 Å². The van der Waals surface area contributed by atoms with Crippen molar-refractivity contribution in [3.63, 3.8) is 0 Å². The number of sulfonamides is 1. The highest BCUT2D eigenvalue weighted by molar-refractivity contribution is 7.89. The zero-order valence-electron chi connectivity index (χ0n) is 11.6. The lowest BCUT2D eigenvalue weighted by Gasteiger charge is -2.09. The van der Waals surface area contributed by atoms with Crippen LogP contribution in [0.5, 0.6) is 0 Å². The Hall–Kier alpha value is -0.130. The second-order valence-electron chi connectivity index (χ2n) is 5.32. The summed E-state index contributed by atoms with van der Waals surface area (Å²) in [5, 5.41) is 3.02. The molecule has 0 heterocycles. The minimum atomic E-state index is -3.04. The fourth-order valence-electron chi connectivity index (χ4n) is 2.58. The van der Waals surface area contributed by atoms with Gasteiger partial charge in [0.15, 0.2) is 0 Å². The van der Waals surface area contributed by atoms with E-state index in [2.05, 4.69) is 10.0 Å². The van der Waals surface area contributed by atoms with Gasteiger partial charge in [-0.2, -0.15) is 0 Å². The van der Waals surface area contributed by atoms with E-state index < -0.39 is 10.0 Å². The summed E-state index contributed by atoms with van der Waals surface area (Å²) in [6, 6.07) is 0.